The molecule has 8 heteroatoms. The highest BCUT2D eigenvalue weighted by Crippen LogP contribution is 2.23. The summed E-state index contributed by atoms with van der Waals surface area (Å²) >= 11 is 0. The molecule has 2 atom stereocenters. The van der Waals surface area contributed by atoms with Gasteiger partial charge in [-0.15, -0.1) is 0 Å². The number of amides is 1. The number of aryl methyl sites for hydroxylation is 1. The number of rotatable bonds is 9. The highest BCUT2D eigenvalue weighted by molar-refractivity contribution is 7.88. The Balaban J connectivity index is 1.38. The van der Waals surface area contributed by atoms with Crippen molar-refractivity contribution in [3.63, 3.8) is 0 Å². The normalized spacial score (nSPS) is 17.2. The van der Waals surface area contributed by atoms with Gasteiger partial charge in [-0.3, -0.25) is 4.79 Å². The highest BCUT2D eigenvalue weighted by Gasteiger charge is 2.34. The van der Waals surface area contributed by atoms with Crippen molar-refractivity contribution < 1.29 is 23.1 Å². The number of carbonyl (C=O) groups is 2. The number of carbonyl (C=O) groups excluding carboxylic acids is 1. The average molecular weight is 521 g/mol. The molecule has 3 aromatic rings. The third-order valence-electron chi connectivity index (χ3n) is 6.73. The Labute approximate surface area is 218 Å². The minimum Gasteiger partial charge on any atom is -0.480 e. The summed E-state index contributed by atoms with van der Waals surface area (Å²) in [6.07, 6.45) is 1.20. The highest BCUT2D eigenvalue weighted by atomic mass is 32.2. The molecule has 1 aliphatic heterocycles. The minimum atomic E-state index is -3.59. The largest absolute Gasteiger partial charge is 0.480 e. The van der Waals surface area contributed by atoms with Crippen LogP contribution in [-0.4, -0.2) is 48.8 Å². The predicted octanol–water partition coefficient (Wildman–Crippen LogP) is 4.02. The lowest BCUT2D eigenvalue weighted by Gasteiger charge is -2.32. The van der Waals surface area contributed by atoms with Crippen molar-refractivity contribution in [1.29, 1.82) is 0 Å². The fourth-order valence-electron chi connectivity index (χ4n) is 4.59. The summed E-state index contributed by atoms with van der Waals surface area (Å²) in [5, 5.41) is 12.4. The molecule has 0 aromatic heterocycles. The Morgan fingerprint density at radius 1 is 0.946 bits per heavy atom. The number of carboxylic acid groups (broad SMARTS) is 1. The first kappa shape index (κ1) is 26.6. The lowest BCUT2D eigenvalue weighted by Crippen LogP contribution is -2.50. The van der Waals surface area contributed by atoms with Crippen molar-refractivity contribution in [2.24, 2.45) is 5.92 Å². The van der Waals surface area contributed by atoms with Crippen LogP contribution in [0.1, 0.15) is 29.5 Å². The zero-order chi connectivity index (χ0) is 26.4. The Morgan fingerprint density at radius 3 is 2.19 bits per heavy atom. The van der Waals surface area contributed by atoms with Crippen molar-refractivity contribution in [3.05, 3.63) is 95.6 Å². The first-order chi connectivity index (χ1) is 17.7. The second-order valence-electron chi connectivity index (χ2n) is 9.61. The van der Waals surface area contributed by atoms with Crippen LogP contribution in [0.2, 0.25) is 0 Å². The van der Waals surface area contributed by atoms with Crippen LogP contribution < -0.4 is 5.32 Å². The second-order valence-corrected chi connectivity index (χ2v) is 11.6. The molecule has 0 radical (unpaired) electrons. The Kier molecular flexibility index (Phi) is 8.41. The van der Waals surface area contributed by atoms with E-state index in [0.29, 0.717) is 24.9 Å². The molecule has 3 aromatic carbocycles. The number of piperidine rings is 1. The van der Waals surface area contributed by atoms with Crippen LogP contribution >= 0.6 is 0 Å². The fraction of sp³-hybridized carbons (Fsp3) is 0.310. The van der Waals surface area contributed by atoms with E-state index in [2.05, 4.69) is 5.32 Å². The van der Waals surface area contributed by atoms with Gasteiger partial charge in [0.15, 0.2) is 0 Å². The number of benzene rings is 3. The molecule has 1 heterocycles. The first-order valence-electron chi connectivity index (χ1n) is 12.4. The smallest absolute Gasteiger partial charge is 0.326 e. The molecule has 1 fully saturated rings. The first-order valence-corrected chi connectivity index (χ1v) is 14.0. The summed E-state index contributed by atoms with van der Waals surface area (Å²) in [4.78, 5) is 25.0. The quantitative estimate of drug-likeness (QED) is 0.444. The van der Waals surface area contributed by atoms with E-state index in [4.69, 9.17) is 0 Å². The summed E-state index contributed by atoms with van der Waals surface area (Å²) in [5.41, 5.74) is 4.76. The molecule has 7 nitrogen and oxygen atoms in total. The van der Waals surface area contributed by atoms with E-state index in [1.165, 1.54) is 9.87 Å². The molecule has 1 amide bonds. The number of hydrogen-bond acceptors (Lipinski definition) is 4. The van der Waals surface area contributed by atoms with Crippen LogP contribution in [0.5, 0.6) is 0 Å². The number of nitrogens with zero attached hydrogens (tertiary/aromatic N) is 1. The monoisotopic (exact) mass is 520 g/mol. The van der Waals surface area contributed by atoms with E-state index in [-0.39, 0.29) is 18.7 Å². The van der Waals surface area contributed by atoms with Crippen molar-refractivity contribution in [2.45, 2.75) is 38.0 Å². The van der Waals surface area contributed by atoms with E-state index < -0.39 is 33.9 Å². The van der Waals surface area contributed by atoms with Crippen molar-refractivity contribution >= 4 is 21.9 Å². The van der Waals surface area contributed by atoms with Crippen LogP contribution in [0.4, 0.5) is 0 Å². The summed E-state index contributed by atoms with van der Waals surface area (Å²) < 4.78 is 27.2. The molecule has 0 spiro atoms. The number of aliphatic carboxylic acids is 1. The van der Waals surface area contributed by atoms with Crippen LogP contribution in [0.25, 0.3) is 11.1 Å². The van der Waals surface area contributed by atoms with Gasteiger partial charge in [0.05, 0.1) is 11.7 Å². The zero-order valence-corrected chi connectivity index (χ0v) is 21.7. The molecular formula is C29H32N2O5S. The number of sulfonamides is 1. The number of hydrogen-bond donors (Lipinski definition) is 2. The van der Waals surface area contributed by atoms with E-state index >= 15 is 0 Å². The Morgan fingerprint density at radius 2 is 1.57 bits per heavy atom. The molecule has 2 N–H and O–H groups in total. The van der Waals surface area contributed by atoms with E-state index in [0.717, 1.165) is 16.7 Å². The molecule has 37 heavy (non-hydrogen) atoms. The molecule has 1 aliphatic rings. The molecule has 0 bridgehead atoms. The molecular weight excluding hydrogens is 488 g/mol. The maximum atomic E-state index is 13.0. The van der Waals surface area contributed by atoms with Gasteiger partial charge in [0.25, 0.3) is 0 Å². The molecule has 194 valence electrons. The summed E-state index contributed by atoms with van der Waals surface area (Å²) in [6.45, 7) is 2.44. The van der Waals surface area contributed by atoms with Gasteiger partial charge in [0.2, 0.25) is 15.9 Å². The zero-order valence-electron chi connectivity index (χ0n) is 20.8. The van der Waals surface area contributed by atoms with E-state index in [9.17, 15) is 23.1 Å². The van der Waals surface area contributed by atoms with Crippen LogP contribution in [-0.2, 0) is 31.8 Å². The van der Waals surface area contributed by atoms with E-state index in [1.54, 1.807) is 24.3 Å². The van der Waals surface area contributed by atoms with Crippen LogP contribution in [0, 0.1) is 12.8 Å². The third kappa shape index (κ3) is 7.05. The standard InChI is InChI=1S/C29H32N2O5S/c1-21-9-13-24(14-10-21)25-15-11-22(12-16-25)18-27(29(33)34)30-28(32)26-8-5-17-31(19-26)37(35,36)20-23-6-3-2-4-7-23/h2-4,6-7,9-16,26-27H,5,8,17-20H2,1H3,(H,30,32)(H,33,34)/t26?,27-/m0/s1. The number of nitrogens with one attached hydrogen (secondary N) is 1. The summed E-state index contributed by atoms with van der Waals surface area (Å²) in [6, 6.07) is 23.6. The van der Waals surface area contributed by atoms with Gasteiger partial charge in [0.1, 0.15) is 6.04 Å². The predicted molar refractivity (Wildman–Crippen MR) is 143 cm³/mol. The van der Waals surface area contributed by atoms with Gasteiger partial charge >= 0.3 is 5.97 Å². The van der Waals surface area contributed by atoms with Gasteiger partial charge in [0, 0.05) is 19.5 Å². The van der Waals surface area contributed by atoms with Gasteiger partial charge < -0.3 is 10.4 Å². The molecule has 1 unspecified atom stereocenters. The van der Waals surface area contributed by atoms with Crippen LogP contribution in [0.15, 0.2) is 78.9 Å². The average Bonchev–Trinajstić information content (AvgIpc) is 2.89. The van der Waals surface area contributed by atoms with Crippen LogP contribution in [0.3, 0.4) is 0 Å². The maximum Gasteiger partial charge on any atom is 0.326 e. The van der Waals surface area contributed by atoms with E-state index in [1.807, 2.05) is 61.5 Å². The summed E-state index contributed by atoms with van der Waals surface area (Å²) in [5.74, 6) is -2.27. The Bertz CT molecular complexity index is 1320. The lowest BCUT2D eigenvalue weighted by molar-refractivity contribution is -0.142. The maximum absolute atomic E-state index is 13.0. The topological polar surface area (TPSA) is 104 Å². The molecule has 0 saturated carbocycles. The number of carboxylic acids is 1. The molecule has 0 aliphatic carbocycles. The van der Waals surface area contributed by atoms with Crippen molar-refractivity contribution in [3.8, 4) is 11.1 Å². The molecule has 4 rings (SSSR count). The van der Waals surface area contributed by atoms with Gasteiger partial charge in [-0.2, -0.15) is 0 Å². The summed E-state index contributed by atoms with van der Waals surface area (Å²) in [7, 11) is -3.59. The third-order valence-corrected chi connectivity index (χ3v) is 8.55. The van der Waals surface area contributed by atoms with Gasteiger partial charge in [-0.25, -0.2) is 17.5 Å². The lowest BCUT2D eigenvalue weighted by atomic mass is 9.97. The SMILES string of the molecule is Cc1ccc(-c2ccc(C[C@H](NC(=O)C3CCCN(S(=O)(=O)Cc4ccccc4)C3)C(=O)O)cc2)cc1. The van der Waals surface area contributed by atoms with Crippen molar-refractivity contribution in [2.75, 3.05) is 13.1 Å². The fourth-order valence-corrected chi connectivity index (χ4v) is 6.20. The second kappa shape index (κ2) is 11.7. The molecule has 1 saturated heterocycles. The Hall–Kier alpha value is -3.49. The van der Waals surface area contributed by atoms with Crippen molar-refractivity contribution in [1.82, 2.24) is 9.62 Å². The van der Waals surface area contributed by atoms with Gasteiger partial charge in [-0.05, 0) is 42.0 Å². The minimum absolute atomic E-state index is 0.0542. The van der Waals surface area contributed by atoms with Gasteiger partial charge in [-0.1, -0.05) is 84.4 Å².